The molecule has 0 fully saturated rings. The Morgan fingerprint density at radius 3 is 1.28 bits per heavy atom. The number of ether oxygens (including phenoxy) is 2. The molecule has 3 heteroatoms. The van der Waals surface area contributed by atoms with Gasteiger partial charge in [0.25, 0.3) is 0 Å². The second-order valence-corrected chi connectivity index (χ2v) is 12.3. The smallest absolute Gasteiger partial charge is 0.138 e. The number of phenolic OH excluding ortho intramolecular Hbond substituents is 1. The quantitative estimate of drug-likeness (QED) is 0.119. The van der Waals surface area contributed by atoms with Crippen LogP contribution >= 0.6 is 0 Å². The Hall–Kier alpha value is -2.94. The number of unbranched alkanes of at least 4 members (excludes halogenated alkanes) is 8. The molecule has 236 valence electrons. The van der Waals surface area contributed by atoms with Crippen LogP contribution in [0, 0.1) is 0 Å². The summed E-state index contributed by atoms with van der Waals surface area (Å²) in [6.45, 7) is 9.03. The molecular formula is C40H58O3. The zero-order valence-corrected chi connectivity index (χ0v) is 27.6. The monoisotopic (exact) mass is 586 g/mol. The first-order valence-corrected chi connectivity index (χ1v) is 17.3. The molecule has 43 heavy (non-hydrogen) atoms. The van der Waals surface area contributed by atoms with Crippen molar-refractivity contribution in [3.05, 3.63) is 90.0 Å². The molecule has 1 N–H and O–H groups in total. The first-order chi connectivity index (χ1) is 21.0. The van der Waals surface area contributed by atoms with Gasteiger partial charge in [0, 0.05) is 11.1 Å². The third-order valence-corrected chi connectivity index (χ3v) is 8.84. The minimum absolute atomic E-state index is 0.327. The average Bonchev–Trinajstić information content (AvgIpc) is 3.02. The highest BCUT2D eigenvalue weighted by atomic mass is 16.5. The molecule has 0 heterocycles. The van der Waals surface area contributed by atoms with Crippen molar-refractivity contribution in [1.82, 2.24) is 0 Å². The van der Waals surface area contributed by atoms with Crippen LogP contribution in [0.1, 0.15) is 142 Å². The number of benzene rings is 3. The second-order valence-electron chi connectivity index (χ2n) is 12.3. The zero-order chi connectivity index (χ0) is 30.8. The lowest BCUT2D eigenvalue weighted by molar-refractivity contribution is 0.0152. The molecule has 0 radical (unpaired) electrons. The first-order valence-electron chi connectivity index (χ1n) is 17.3. The van der Waals surface area contributed by atoms with E-state index in [9.17, 15) is 5.11 Å². The van der Waals surface area contributed by atoms with E-state index in [1.165, 1.54) is 0 Å². The Kier molecular flexibility index (Phi) is 15.0. The van der Waals surface area contributed by atoms with Crippen LogP contribution in [0.4, 0.5) is 0 Å². The van der Waals surface area contributed by atoms with Gasteiger partial charge in [0.15, 0.2) is 0 Å². The van der Waals surface area contributed by atoms with E-state index in [4.69, 9.17) is 9.47 Å². The third kappa shape index (κ3) is 10.1. The molecule has 0 aliphatic heterocycles. The van der Waals surface area contributed by atoms with Crippen molar-refractivity contribution in [2.75, 3.05) is 0 Å². The van der Waals surface area contributed by atoms with Crippen LogP contribution in [-0.4, -0.2) is 5.11 Å². The van der Waals surface area contributed by atoms with Gasteiger partial charge < -0.3 is 14.6 Å². The van der Waals surface area contributed by atoms with E-state index in [0.29, 0.717) is 5.75 Å². The van der Waals surface area contributed by atoms with E-state index in [2.05, 4.69) is 70.2 Å². The summed E-state index contributed by atoms with van der Waals surface area (Å²) in [6.07, 6.45) is 16.9. The summed E-state index contributed by atoms with van der Waals surface area (Å²) >= 11 is 0. The molecule has 3 rings (SSSR count). The van der Waals surface area contributed by atoms with Crippen LogP contribution in [0.3, 0.4) is 0 Å². The van der Waals surface area contributed by atoms with Crippen LogP contribution in [0.2, 0.25) is 0 Å². The summed E-state index contributed by atoms with van der Waals surface area (Å²) in [5, 5.41) is 12.0. The number of rotatable bonds is 22. The second kappa shape index (κ2) is 18.7. The van der Waals surface area contributed by atoms with E-state index in [1.807, 2.05) is 36.4 Å². The van der Waals surface area contributed by atoms with Gasteiger partial charge in [0.05, 0.1) is 0 Å². The Morgan fingerprint density at radius 2 is 0.860 bits per heavy atom. The van der Waals surface area contributed by atoms with Crippen LogP contribution in [-0.2, 0) is 11.2 Å². The molecule has 0 spiro atoms. The minimum Gasteiger partial charge on any atom is -0.508 e. The van der Waals surface area contributed by atoms with Gasteiger partial charge in [-0.15, -0.1) is 0 Å². The fraction of sp³-hybridized carbons (Fsp3) is 0.550. The van der Waals surface area contributed by atoms with Crippen molar-refractivity contribution in [1.29, 1.82) is 0 Å². The first kappa shape index (κ1) is 34.5. The number of hydrogen-bond acceptors (Lipinski definition) is 3. The lowest BCUT2D eigenvalue weighted by Crippen LogP contribution is -2.41. The van der Waals surface area contributed by atoms with Crippen LogP contribution in [0.5, 0.6) is 17.2 Å². The van der Waals surface area contributed by atoms with Crippen molar-refractivity contribution in [3.63, 3.8) is 0 Å². The molecule has 3 aromatic carbocycles. The highest BCUT2D eigenvalue weighted by molar-refractivity contribution is 5.48. The summed E-state index contributed by atoms with van der Waals surface area (Å²) in [5.74, 6) is 2.07. The maximum atomic E-state index is 12.0. The van der Waals surface area contributed by atoms with E-state index < -0.39 is 11.2 Å². The maximum absolute atomic E-state index is 12.0. The van der Waals surface area contributed by atoms with Gasteiger partial charge in [-0.1, -0.05) is 128 Å². The zero-order valence-electron chi connectivity index (χ0n) is 27.6. The minimum atomic E-state index is -0.660. The molecule has 0 bridgehead atoms. The Labute approximate surface area is 263 Å². The van der Waals surface area contributed by atoms with Crippen molar-refractivity contribution in [2.45, 2.75) is 142 Å². The number of para-hydroxylation sites is 2. The Morgan fingerprint density at radius 1 is 0.465 bits per heavy atom. The van der Waals surface area contributed by atoms with Crippen LogP contribution in [0.15, 0.2) is 78.9 Å². The average molecular weight is 587 g/mol. The molecule has 0 aliphatic rings. The van der Waals surface area contributed by atoms with Gasteiger partial charge in [-0.25, -0.2) is 0 Å². The van der Waals surface area contributed by atoms with E-state index in [0.717, 1.165) is 125 Å². The standard InChI is InChI=1S/C40H58O3/c1-5-9-19-30-39(31-20-10-6-2,42-34-24-15-13-16-25-34)36-28-23-29-37(41)38(36)40(32-21-11-7-3,33-22-12-8-4)43-35-26-17-14-18-27-35/h13-18,23-29,41H,5-12,19-22,30-33H2,1-4H3. The molecule has 0 aromatic heterocycles. The largest absolute Gasteiger partial charge is 0.508 e. The van der Waals surface area contributed by atoms with Gasteiger partial charge in [0.1, 0.15) is 28.5 Å². The highest BCUT2D eigenvalue weighted by Crippen LogP contribution is 2.49. The predicted molar refractivity (Wildman–Crippen MR) is 182 cm³/mol. The molecule has 0 atom stereocenters. The SMILES string of the molecule is CCCCCC(CCCCC)(Oc1ccccc1)c1cccc(O)c1C(CCCCC)(CCCCC)Oc1ccccc1. The fourth-order valence-corrected chi connectivity index (χ4v) is 6.55. The van der Waals surface area contributed by atoms with Gasteiger partial charge in [-0.05, 0) is 81.7 Å². The molecule has 0 aliphatic carbocycles. The molecule has 3 aromatic rings. The summed E-state index contributed by atoms with van der Waals surface area (Å²) in [6, 6.07) is 26.7. The molecule has 0 saturated heterocycles. The summed E-state index contributed by atoms with van der Waals surface area (Å²) in [5.41, 5.74) is 0.816. The van der Waals surface area contributed by atoms with Crippen molar-refractivity contribution in [3.8, 4) is 17.2 Å². The Balaban J connectivity index is 2.30. The van der Waals surface area contributed by atoms with E-state index >= 15 is 0 Å². The number of phenols is 1. The number of hydrogen-bond donors (Lipinski definition) is 1. The number of aromatic hydroxyl groups is 1. The highest BCUT2D eigenvalue weighted by Gasteiger charge is 2.45. The summed E-state index contributed by atoms with van der Waals surface area (Å²) in [7, 11) is 0. The molecular weight excluding hydrogens is 528 g/mol. The Bertz CT molecular complexity index is 1120. The predicted octanol–water partition coefficient (Wildman–Crippen LogP) is 12.3. The van der Waals surface area contributed by atoms with Gasteiger partial charge in [-0.2, -0.15) is 0 Å². The summed E-state index contributed by atoms with van der Waals surface area (Å²) in [4.78, 5) is 0. The fourth-order valence-electron chi connectivity index (χ4n) is 6.55. The lowest BCUT2D eigenvalue weighted by Gasteiger charge is -2.43. The van der Waals surface area contributed by atoms with Crippen molar-refractivity contribution in [2.24, 2.45) is 0 Å². The molecule has 0 saturated carbocycles. The van der Waals surface area contributed by atoms with E-state index in [-0.39, 0.29) is 0 Å². The van der Waals surface area contributed by atoms with Gasteiger partial charge in [-0.3, -0.25) is 0 Å². The molecule has 0 unspecified atom stereocenters. The van der Waals surface area contributed by atoms with Gasteiger partial charge >= 0.3 is 0 Å². The molecule has 0 amide bonds. The summed E-state index contributed by atoms with van der Waals surface area (Å²) < 4.78 is 14.4. The van der Waals surface area contributed by atoms with Crippen molar-refractivity contribution >= 4 is 0 Å². The van der Waals surface area contributed by atoms with Crippen molar-refractivity contribution < 1.29 is 14.6 Å². The van der Waals surface area contributed by atoms with Gasteiger partial charge in [0.2, 0.25) is 0 Å². The topological polar surface area (TPSA) is 38.7 Å². The van der Waals surface area contributed by atoms with E-state index in [1.54, 1.807) is 0 Å². The third-order valence-electron chi connectivity index (χ3n) is 8.84. The molecule has 3 nitrogen and oxygen atoms in total. The normalized spacial score (nSPS) is 11.9. The van der Waals surface area contributed by atoms with Crippen LogP contribution < -0.4 is 9.47 Å². The maximum Gasteiger partial charge on any atom is 0.138 e. The van der Waals surface area contributed by atoms with Crippen LogP contribution in [0.25, 0.3) is 0 Å². The lowest BCUT2D eigenvalue weighted by atomic mass is 9.73.